The molecule has 6 nitrogen and oxygen atoms in total. The summed E-state index contributed by atoms with van der Waals surface area (Å²) >= 11 is 0. The minimum absolute atomic E-state index is 0.178. The van der Waals surface area contributed by atoms with E-state index in [4.69, 9.17) is 4.74 Å². The molecule has 0 atom stereocenters. The second-order valence-corrected chi connectivity index (χ2v) is 5.62. The van der Waals surface area contributed by atoms with Crippen molar-refractivity contribution < 1.29 is 19.2 Å². The fraction of sp³-hybridized carbons (Fsp3) is 0.857. The molecule has 2 aliphatic heterocycles. The van der Waals surface area contributed by atoms with Crippen molar-refractivity contribution in [3.8, 4) is 0 Å². The molecule has 2 amide bonds. The Morgan fingerprint density at radius 3 is 2.20 bits per heavy atom. The number of hydrogen-bond acceptors (Lipinski definition) is 3. The van der Waals surface area contributed by atoms with Gasteiger partial charge in [0, 0.05) is 32.9 Å². The van der Waals surface area contributed by atoms with Crippen molar-refractivity contribution in [2.75, 3.05) is 45.9 Å². The number of hydrogen-bond donors (Lipinski definition) is 1. The molecule has 2 heterocycles. The van der Waals surface area contributed by atoms with Gasteiger partial charge < -0.3 is 19.4 Å². The van der Waals surface area contributed by atoms with Gasteiger partial charge in [0.25, 0.3) is 0 Å². The van der Waals surface area contributed by atoms with Crippen LogP contribution in [0.4, 0.5) is 4.79 Å². The van der Waals surface area contributed by atoms with Crippen LogP contribution in [0.5, 0.6) is 0 Å². The van der Waals surface area contributed by atoms with Gasteiger partial charge in [-0.1, -0.05) is 0 Å². The zero-order valence-corrected chi connectivity index (χ0v) is 12.6. The van der Waals surface area contributed by atoms with Crippen molar-refractivity contribution in [2.24, 2.45) is 0 Å². The lowest BCUT2D eigenvalue weighted by Gasteiger charge is -2.39. The summed E-state index contributed by atoms with van der Waals surface area (Å²) in [5.74, 6) is 0.182. The molecule has 2 fully saturated rings. The minimum Gasteiger partial charge on any atom is -0.450 e. The third kappa shape index (κ3) is 3.62. The summed E-state index contributed by atoms with van der Waals surface area (Å²) in [4.78, 5) is 28.3. The SMILES string of the molecule is CCOC(=O)N1CCC([NH+]2CCN(C(C)=O)CC2)CC1. The number of likely N-dealkylation sites (tertiary alicyclic amines) is 1. The first-order chi connectivity index (χ1) is 9.61. The van der Waals surface area contributed by atoms with E-state index in [1.165, 1.54) is 0 Å². The maximum atomic E-state index is 11.7. The van der Waals surface area contributed by atoms with E-state index >= 15 is 0 Å². The summed E-state index contributed by atoms with van der Waals surface area (Å²) in [6, 6.07) is 0.620. The normalized spacial score (nSPS) is 21.9. The second-order valence-electron chi connectivity index (χ2n) is 5.62. The summed E-state index contributed by atoms with van der Waals surface area (Å²) in [7, 11) is 0. The molecule has 20 heavy (non-hydrogen) atoms. The van der Waals surface area contributed by atoms with Gasteiger partial charge in [0.15, 0.2) is 0 Å². The quantitative estimate of drug-likeness (QED) is 0.733. The third-order valence-corrected chi connectivity index (χ3v) is 4.45. The van der Waals surface area contributed by atoms with E-state index in [1.807, 2.05) is 16.7 Å². The number of amides is 2. The highest BCUT2D eigenvalue weighted by Gasteiger charge is 2.32. The molecule has 114 valence electrons. The topological polar surface area (TPSA) is 54.3 Å². The van der Waals surface area contributed by atoms with Gasteiger partial charge in [0.1, 0.15) is 0 Å². The van der Waals surface area contributed by atoms with Gasteiger partial charge in [0.05, 0.1) is 38.8 Å². The van der Waals surface area contributed by atoms with Crippen LogP contribution < -0.4 is 4.90 Å². The van der Waals surface area contributed by atoms with E-state index in [0.717, 1.165) is 52.1 Å². The summed E-state index contributed by atoms with van der Waals surface area (Å²) in [6.07, 6.45) is 1.89. The molecule has 0 spiro atoms. The Hall–Kier alpha value is -1.30. The van der Waals surface area contributed by atoms with Gasteiger partial charge >= 0.3 is 6.09 Å². The van der Waals surface area contributed by atoms with Crippen molar-refractivity contribution in [1.82, 2.24) is 9.80 Å². The third-order valence-electron chi connectivity index (χ3n) is 4.45. The van der Waals surface area contributed by atoms with E-state index in [2.05, 4.69) is 0 Å². The Morgan fingerprint density at radius 2 is 1.70 bits per heavy atom. The van der Waals surface area contributed by atoms with E-state index < -0.39 is 0 Å². The largest absolute Gasteiger partial charge is 0.450 e. The number of piperazine rings is 1. The summed E-state index contributed by atoms with van der Waals surface area (Å²) in [6.45, 7) is 9.30. The maximum absolute atomic E-state index is 11.7. The average Bonchev–Trinajstić information content (AvgIpc) is 2.48. The molecule has 2 saturated heterocycles. The standard InChI is InChI=1S/C14H25N3O3/c1-3-20-14(19)17-6-4-13(5-7-17)16-10-8-15(9-11-16)12(2)18/h13H,3-11H2,1-2H3/p+1. The number of nitrogens with zero attached hydrogens (tertiary/aromatic N) is 2. The Balaban J connectivity index is 1.75. The highest BCUT2D eigenvalue weighted by atomic mass is 16.6. The van der Waals surface area contributed by atoms with Crippen molar-refractivity contribution in [3.05, 3.63) is 0 Å². The Bertz CT molecular complexity index is 346. The van der Waals surface area contributed by atoms with Crippen molar-refractivity contribution in [1.29, 1.82) is 0 Å². The van der Waals surface area contributed by atoms with Crippen LogP contribution in [0.25, 0.3) is 0 Å². The number of carbonyl (C=O) groups is 2. The summed E-state index contributed by atoms with van der Waals surface area (Å²) in [5.41, 5.74) is 0. The lowest BCUT2D eigenvalue weighted by molar-refractivity contribution is -0.930. The van der Waals surface area contributed by atoms with Gasteiger partial charge in [0.2, 0.25) is 5.91 Å². The van der Waals surface area contributed by atoms with Crippen LogP contribution in [-0.4, -0.2) is 73.7 Å². The van der Waals surface area contributed by atoms with Crippen LogP contribution in [0.3, 0.4) is 0 Å². The summed E-state index contributed by atoms with van der Waals surface area (Å²) in [5, 5.41) is 0. The molecule has 0 unspecified atom stereocenters. The predicted molar refractivity (Wildman–Crippen MR) is 74.6 cm³/mol. The lowest BCUT2D eigenvalue weighted by atomic mass is 10.0. The van der Waals surface area contributed by atoms with Gasteiger partial charge in [-0.3, -0.25) is 4.79 Å². The van der Waals surface area contributed by atoms with E-state index in [0.29, 0.717) is 12.6 Å². The minimum atomic E-state index is -0.178. The predicted octanol–water partition coefficient (Wildman–Crippen LogP) is -0.646. The Morgan fingerprint density at radius 1 is 1.10 bits per heavy atom. The number of nitrogens with one attached hydrogen (secondary N) is 1. The van der Waals surface area contributed by atoms with Crippen LogP contribution in [0.1, 0.15) is 26.7 Å². The lowest BCUT2D eigenvalue weighted by Crippen LogP contribution is -3.18. The number of rotatable bonds is 2. The first kappa shape index (κ1) is 15.1. The van der Waals surface area contributed by atoms with Crippen LogP contribution in [0.15, 0.2) is 0 Å². The first-order valence-electron chi connectivity index (χ1n) is 7.63. The molecule has 0 bridgehead atoms. The molecule has 2 aliphatic rings. The molecule has 0 aromatic carbocycles. The molecule has 6 heteroatoms. The zero-order valence-electron chi connectivity index (χ0n) is 12.6. The van der Waals surface area contributed by atoms with Gasteiger partial charge in [-0.05, 0) is 6.92 Å². The van der Waals surface area contributed by atoms with E-state index in [-0.39, 0.29) is 12.0 Å². The first-order valence-corrected chi connectivity index (χ1v) is 7.63. The highest BCUT2D eigenvalue weighted by Crippen LogP contribution is 2.10. The maximum Gasteiger partial charge on any atom is 0.409 e. The molecule has 0 saturated carbocycles. The zero-order chi connectivity index (χ0) is 14.5. The fourth-order valence-electron chi connectivity index (χ4n) is 3.20. The Kier molecular flexibility index (Phi) is 5.23. The molecule has 1 N–H and O–H groups in total. The van der Waals surface area contributed by atoms with E-state index in [1.54, 1.807) is 11.8 Å². The second kappa shape index (κ2) is 6.92. The van der Waals surface area contributed by atoms with E-state index in [9.17, 15) is 9.59 Å². The van der Waals surface area contributed by atoms with Crippen LogP contribution in [0.2, 0.25) is 0 Å². The molecule has 0 aromatic rings. The number of piperidine rings is 1. The molecule has 2 rings (SSSR count). The smallest absolute Gasteiger partial charge is 0.409 e. The van der Waals surface area contributed by atoms with Crippen molar-refractivity contribution >= 4 is 12.0 Å². The van der Waals surface area contributed by atoms with Gasteiger partial charge in [-0.2, -0.15) is 0 Å². The fourth-order valence-corrected chi connectivity index (χ4v) is 3.20. The highest BCUT2D eigenvalue weighted by molar-refractivity contribution is 5.73. The van der Waals surface area contributed by atoms with Crippen LogP contribution >= 0.6 is 0 Å². The molecule has 0 radical (unpaired) electrons. The Labute approximate surface area is 120 Å². The van der Waals surface area contributed by atoms with Gasteiger partial charge in [-0.25, -0.2) is 4.79 Å². The van der Waals surface area contributed by atoms with Crippen molar-refractivity contribution in [3.63, 3.8) is 0 Å². The molecule has 0 aromatic heterocycles. The molecular formula is C14H26N3O3+. The number of ether oxygens (including phenoxy) is 1. The monoisotopic (exact) mass is 284 g/mol. The van der Waals surface area contributed by atoms with Gasteiger partial charge in [-0.15, -0.1) is 0 Å². The summed E-state index contributed by atoms with van der Waals surface area (Å²) < 4.78 is 5.04. The number of carbonyl (C=O) groups excluding carboxylic acids is 2. The molecule has 0 aliphatic carbocycles. The van der Waals surface area contributed by atoms with Crippen LogP contribution in [0, 0.1) is 0 Å². The van der Waals surface area contributed by atoms with Crippen LogP contribution in [-0.2, 0) is 9.53 Å². The average molecular weight is 284 g/mol. The van der Waals surface area contributed by atoms with Crippen molar-refractivity contribution in [2.45, 2.75) is 32.7 Å². The molecular weight excluding hydrogens is 258 g/mol. The number of quaternary nitrogens is 1.